The van der Waals surface area contributed by atoms with Crippen molar-refractivity contribution < 1.29 is 8.78 Å². The van der Waals surface area contributed by atoms with Crippen LogP contribution in [0.3, 0.4) is 0 Å². The molecule has 0 amide bonds. The number of nitrogen functional groups attached to an aromatic ring is 1. The summed E-state index contributed by atoms with van der Waals surface area (Å²) in [5.74, 6) is -0.0472. The number of rotatable bonds is 2. The molecule has 100 valence electrons. The molecule has 4 heteroatoms. The van der Waals surface area contributed by atoms with Crippen molar-refractivity contribution in [3.8, 4) is 0 Å². The number of nitrogens with two attached hydrogens (primary N) is 1. The fourth-order valence-corrected chi connectivity index (χ4v) is 3.00. The monoisotopic (exact) mass is 254 g/mol. The maximum absolute atomic E-state index is 13.7. The largest absolute Gasteiger partial charge is 0.399 e. The highest BCUT2D eigenvalue weighted by molar-refractivity contribution is 5.54. The summed E-state index contributed by atoms with van der Waals surface area (Å²) in [6, 6.07) is 2.44. The standard InChI is InChI=1S/C14H20F2N2/c1-8-3-9(2)5-11(4-8)18-14-12(15)6-10(17)7-13(14)16/h6-9,11,18H,3-5,17H2,1-2H3. The molecule has 2 rings (SSSR count). The minimum absolute atomic E-state index is 0.0458. The smallest absolute Gasteiger partial charge is 0.151 e. The molecule has 1 aliphatic carbocycles. The Morgan fingerprint density at radius 3 is 2.06 bits per heavy atom. The van der Waals surface area contributed by atoms with Crippen molar-refractivity contribution >= 4 is 11.4 Å². The maximum Gasteiger partial charge on any atom is 0.151 e. The summed E-state index contributed by atoms with van der Waals surface area (Å²) in [6.45, 7) is 4.36. The molecule has 1 saturated carbocycles. The Labute approximate surface area is 107 Å². The van der Waals surface area contributed by atoms with E-state index in [-0.39, 0.29) is 17.4 Å². The summed E-state index contributed by atoms with van der Waals surface area (Å²) < 4.78 is 27.4. The van der Waals surface area contributed by atoms with Crippen molar-refractivity contribution in [2.45, 2.75) is 39.2 Å². The Morgan fingerprint density at radius 1 is 1.06 bits per heavy atom. The van der Waals surface area contributed by atoms with Crippen LogP contribution in [0, 0.1) is 23.5 Å². The normalized spacial score (nSPS) is 28.1. The van der Waals surface area contributed by atoms with Gasteiger partial charge in [-0.05, 0) is 43.2 Å². The molecule has 1 aromatic rings. The molecule has 0 radical (unpaired) electrons. The molecule has 0 spiro atoms. The molecule has 1 aliphatic rings. The Kier molecular flexibility index (Phi) is 3.73. The van der Waals surface area contributed by atoms with E-state index in [0.29, 0.717) is 11.8 Å². The van der Waals surface area contributed by atoms with Gasteiger partial charge in [0.05, 0.1) is 0 Å². The van der Waals surface area contributed by atoms with Gasteiger partial charge < -0.3 is 11.1 Å². The highest BCUT2D eigenvalue weighted by Gasteiger charge is 2.25. The molecule has 0 aromatic heterocycles. The molecule has 1 fully saturated rings. The van der Waals surface area contributed by atoms with Crippen LogP contribution in [0.2, 0.25) is 0 Å². The molecule has 1 aromatic carbocycles. The lowest BCUT2D eigenvalue weighted by atomic mass is 9.80. The van der Waals surface area contributed by atoms with Gasteiger partial charge in [-0.2, -0.15) is 0 Å². The van der Waals surface area contributed by atoms with E-state index >= 15 is 0 Å². The van der Waals surface area contributed by atoms with Gasteiger partial charge in [-0.1, -0.05) is 13.8 Å². The van der Waals surface area contributed by atoms with E-state index in [2.05, 4.69) is 19.2 Å². The van der Waals surface area contributed by atoms with Gasteiger partial charge in [0.15, 0.2) is 11.6 Å². The Hall–Kier alpha value is -1.32. The lowest BCUT2D eigenvalue weighted by Gasteiger charge is -2.32. The van der Waals surface area contributed by atoms with Crippen LogP contribution in [0.5, 0.6) is 0 Å². The lowest BCUT2D eigenvalue weighted by molar-refractivity contribution is 0.280. The fourth-order valence-electron chi connectivity index (χ4n) is 3.00. The molecule has 0 bridgehead atoms. The van der Waals surface area contributed by atoms with Gasteiger partial charge in [-0.15, -0.1) is 0 Å². The van der Waals surface area contributed by atoms with E-state index in [4.69, 9.17) is 5.73 Å². The van der Waals surface area contributed by atoms with Crippen LogP contribution < -0.4 is 11.1 Å². The number of hydrogen-bond acceptors (Lipinski definition) is 2. The first kappa shape index (κ1) is 13.1. The van der Waals surface area contributed by atoms with E-state index in [1.165, 1.54) is 6.42 Å². The summed E-state index contributed by atoms with van der Waals surface area (Å²) in [7, 11) is 0. The minimum atomic E-state index is -0.613. The van der Waals surface area contributed by atoms with Gasteiger partial charge in [-0.25, -0.2) is 8.78 Å². The molecule has 18 heavy (non-hydrogen) atoms. The zero-order valence-electron chi connectivity index (χ0n) is 10.8. The predicted octanol–water partition coefficient (Wildman–Crippen LogP) is 3.78. The van der Waals surface area contributed by atoms with Gasteiger partial charge in [0, 0.05) is 11.7 Å². The number of hydrogen-bond donors (Lipinski definition) is 2. The van der Waals surface area contributed by atoms with Crippen molar-refractivity contribution in [2.24, 2.45) is 11.8 Å². The molecule has 2 atom stereocenters. The summed E-state index contributed by atoms with van der Waals surface area (Å²) >= 11 is 0. The van der Waals surface area contributed by atoms with Crippen LogP contribution in [0.4, 0.5) is 20.2 Å². The SMILES string of the molecule is CC1CC(C)CC(Nc2c(F)cc(N)cc2F)C1. The molecule has 0 aliphatic heterocycles. The van der Waals surface area contributed by atoms with E-state index in [1.807, 2.05) is 0 Å². The van der Waals surface area contributed by atoms with Crippen molar-refractivity contribution in [1.29, 1.82) is 0 Å². The number of benzene rings is 1. The predicted molar refractivity (Wildman–Crippen MR) is 70.4 cm³/mol. The molecule has 0 heterocycles. The quantitative estimate of drug-likeness (QED) is 0.788. The first-order valence-corrected chi connectivity index (χ1v) is 6.46. The number of halogens is 2. The Morgan fingerprint density at radius 2 is 1.56 bits per heavy atom. The summed E-state index contributed by atoms with van der Waals surface area (Å²) in [5.41, 5.74) is 5.46. The number of nitrogens with one attached hydrogen (secondary N) is 1. The average Bonchev–Trinajstić information content (AvgIpc) is 2.22. The topological polar surface area (TPSA) is 38.0 Å². The maximum atomic E-state index is 13.7. The summed E-state index contributed by atoms with van der Waals surface area (Å²) in [5, 5.41) is 3.00. The first-order valence-electron chi connectivity index (χ1n) is 6.46. The first-order chi connectivity index (χ1) is 8.45. The second-order valence-corrected chi connectivity index (χ2v) is 5.62. The Bertz CT molecular complexity index is 401. The van der Waals surface area contributed by atoms with E-state index in [0.717, 1.165) is 25.0 Å². The van der Waals surface area contributed by atoms with E-state index in [9.17, 15) is 8.78 Å². The molecule has 0 saturated heterocycles. The average molecular weight is 254 g/mol. The second kappa shape index (κ2) is 5.12. The van der Waals surface area contributed by atoms with Crippen LogP contribution in [0.25, 0.3) is 0 Å². The minimum Gasteiger partial charge on any atom is -0.399 e. The zero-order chi connectivity index (χ0) is 13.3. The van der Waals surface area contributed by atoms with E-state index < -0.39 is 11.6 Å². The van der Waals surface area contributed by atoms with Gasteiger partial charge in [0.25, 0.3) is 0 Å². The van der Waals surface area contributed by atoms with Crippen LogP contribution in [-0.2, 0) is 0 Å². The van der Waals surface area contributed by atoms with Crippen LogP contribution in [0.15, 0.2) is 12.1 Å². The van der Waals surface area contributed by atoms with Crippen LogP contribution in [-0.4, -0.2) is 6.04 Å². The second-order valence-electron chi connectivity index (χ2n) is 5.62. The van der Waals surface area contributed by atoms with Gasteiger partial charge in [0.1, 0.15) is 5.69 Å². The molecule has 2 nitrogen and oxygen atoms in total. The summed E-state index contributed by atoms with van der Waals surface area (Å²) in [4.78, 5) is 0. The van der Waals surface area contributed by atoms with Crippen molar-refractivity contribution in [3.63, 3.8) is 0 Å². The van der Waals surface area contributed by atoms with Crippen LogP contribution in [0.1, 0.15) is 33.1 Å². The molecule has 3 N–H and O–H groups in total. The molecule has 2 unspecified atom stereocenters. The van der Waals surface area contributed by atoms with Gasteiger partial charge in [0.2, 0.25) is 0 Å². The lowest BCUT2D eigenvalue weighted by Crippen LogP contribution is -2.30. The van der Waals surface area contributed by atoms with E-state index in [1.54, 1.807) is 0 Å². The highest BCUT2D eigenvalue weighted by atomic mass is 19.1. The van der Waals surface area contributed by atoms with Crippen molar-refractivity contribution in [3.05, 3.63) is 23.8 Å². The fraction of sp³-hybridized carbons (Fsp3) is 0.571. The molecular formula is C14H20F2N2. The third-order valence-corrected chi connectivity index (χ3v) is 3.59. The zero-order valence-corrected chi connectivity index (χ0v) is 10.8. The molecular weight excluding hydrogens is 234 g/mol. The van der Waals surface area contributed by atoms with Gasteiger partial charge in [-0.3, -0.25) is 0 Å². The highest BCUT2D eigenvalue weighted by Crippen LogP contribution is 2.32. The third kappa shape index (κ3) is 2.92. The van der Waals surface area contributed by atoms with Crippen molar-refractivity contribution in [1.82, 2.24) is 0 Å². The Balaban J connectivity index is 2.14. The number of anilines is 2. The third-order valence-electron chi connectivity index (χ3n) is 3.59. The van der Waals surface area contributed by atoms with Crippen molar-refractivity contribution in [2.75, 3.05) is 11.1 Å². The van der Waals surface area contributed by atoms with Crippen LogP contribution >= 0.6 is 0 Å². The summed E-state index contributed by atoms with van der Waals surface area (Å²) in [6.07, 6.45) is 3.09. The van der Waals surface area contributed by atoms with Gasteiger partial charge >= 0.3 is 0 Å².